The highest BCUT2D eigenvalue weighted by Gasteiger charge is 2.23. The van der Waals surface area contributed by atoms with E-state index in [4.69, 9.17) is 4.74 Å². The van der Waals surface area contributed by atoms with Crippen molar-refractivity contribution in [1.29, 1.82) is 0 Å². The molecule has 0 unspecified atom stereocenters. The summed E-state index contributed by atoms with van der Waals surface area (Å²) in [6, 6.07) is 10.3. The number of rotatable bonds is 6. The number of carbonyl (C=O) groups excluding carboxylic acids is 1. The smallest absolute Gasteiger partial charge is 0.183 e. The molecule has 0 bridgehead atoms. The second-order valence-electron chi connectivity index (χ2n) is 8.24. The molecule has 0 spiro atoms. The number of halogens is 4. The van der Waals surface area contributed by atoms with Gasteiger partial charge in [-0.15, -0.1) is 0 Å². The number of benzene rings is 3. The van der Waals surface area contributed by atoms with Gasteiger partial charge in [0.05, 0.1) is 11.4 Å². The normalized spacial score (nSPS) is 14.3. The second kappa shape index (κ2) is 9.75. The minimum Gasteiger partial charge on any atom is -0.381 e. The fourth-order valence-corrected chi connectivity index (χ4v) is 4.17. The first kappa shape index (κ1) is 23.0. The lowest BCUT2D eigenvalue weighted by Crippen LogP contribution is -2.16. The van der Waals surface area contributed by atoms with E-state index in [1.807, 2.05) is 0 Å². The van der Waals surface area contributed by atoms with Crippen molar-refractivity contribution in [1.82, 2.24) is 0 Å². The predicted molar refractivity (Wildman–Crippen MR) is 118 cm³/mol. The van der Waals surface area contributed by atoms with Crippen LogP contribution in [0.3, 0.4) is 0 Å². The van der Waals surface area contributed by atoms with E-state index in [9.17, 15) is 18.0 Å². The number of aryl methyl sites for hydroxylation is 1. The van der Waals surface area contributed by atoms with Crippen molar-refractivity contribution in [3.8, 4) is 0 Å². The number of anilines is 2. The Balaban J connectivity index is 1.67. The Bertz CT molecular complexity index is 1190. The van der Waals surface area contributed by atoms with Gasteiger partial charge >= 0.3 is 0 Å². The van der Waals surface area contributed by atoms with Crippen LogP contribution in [-0.2, 0) is 11.2 Å². The Kier molecular flexibility index (Phi) is 6.79. The monoisotopic (exact) mass is 457 g/mol. The number of hydrogen-bond donors (Lipinski definition) is 1. The van der Waals surface area contributed by atoms with Gasteiger partial charge in [-0.1, -0.05) is 24.3 Å². The molecule has 1 aliphatic rings. The van der Waals surface area contributed by atoms with Crippen molar-refractivity contribution in [3.63, 3.8) is 0 Å². The topological polar surface area (TPSA) is 38.3 Å². The molecule has 0 aliphatic carbocycles. The highest BCUT2D eigenvalue weighted by atomic mass is 19.2. The van der Waals surface area contributed by atoms with E-state index in [2.05, 4.69) is 5.32 Å². The molecule has 3 aromatic rings. The van der Waals surface area contributed by atoms with Crippen molar-refractivity contribution < 1.29 is 27.1 Å². The fraction of sp³-hybridized carbons (Fsp3) is 0.269. The average molecular weight is 457 g/mol. The van der Waals surface area contributed by atoms with Crippen molar-refractivity contribution >= 4 is 17.7 Å². The van der Waals surface area contributed by atoms with Crippen molar-refractivity contribution in [2.45, 2.75) is 32.1 Å². The third-order valence-corrected chi connectivity index (χ3v) is 5.97. The van der Waals surface area contributed by atoms with Gasteiger partial charge in [-0.2, -0.15) is 0 Å². The molecule has 3 nitrogen and oxygen atoms in total. The van der Waals surface area contributed by atoms with Crippen LogP contribution >= 0.6 is 0 Å². The van der Waals surface area contributed by atoms with E-state index in [0.717, 1.165) is 0 Å². The van der Waals surface area contributed by atoms with Crippen LogP contribution in [0.5, 0.6) is 0 Å². The number of nitrogens with one attached hydrogen (secondary N) is 1. The molecule has 1 fully saturated rings. The van der Waals surface area contributed by atoms with Crippen molar-refractivity contribution in [2.75, 3.05) is 18.5 Å². The molecule has 1 aliphatic heterocycles. The highest BCUT2D eigenvalue weighted by molar-refractivity contribution is 5.87. The number of aldehydes is 1. The first-order chi connectivity index (χ1) is 15.9. The van der Waals surface area contributed by atoms with Crippen molar-refractivity contribution in [2.24, 2.45) is 0 Å². The Hall–Kier alpha value is -3.19. The molecule has 172 valence electrons. The standard InChI is InChI=1S/C26H23F4NO2/c1-15-5-6-22(21(27)11-15)31-26-19(14-32)13-18(24(29)25(26)30)12-17-3-2-4-20(23(17)28)16-7-9-33-10-8-16/h2-6,11,13-14,16,31H,7-10,12H2,1H3. The summed E-state index contributed by atoms with van der Waals surface area (Å²) in [4.78, 5) is 11.6. The zero-order valence-electron chi connectivity index (χ0n) is 18.1. The van der Waals surface area contributed by atoms with E-state index in [-0.39, 0.29) is 34.7 Å². The molecule has 3 aromatic carbocycles. The predicted octanol–water partition coefficient (Wildman–Crippen LogP) is 6.59. The van der Waals surface area contributed by atoms with Gasteiger partial charge in [0.25, 0.3) is 0 Å². The van der Waals surface area contributed by atoms with Crippen LogP contribution in [-0.4, -0.2) is 19.5 Å². The maximum atomic E-state index is 15.2. The molecular weight excluding hydrogens is 434 g/mol. The molecule has 7 heteroatoms. The van der Waals surface area contributed by atoms with Crippen LogP contribution in [0.25, 0.3) is 0 Å². The third-order valence-electron chi connectivity index (χ3n) is 5.97. The summed E-state index contributed by atoms with van der Waals surface area (Å²) in [6.07, 6.45) is 1.50. The van der Waals surface area contributed by atoms with Gasteiger partial charge < -0.3 is 10.1 Å². The molecule has 4 rings (SSSR count). The molecule has 1 heterocycles. The van der Waals surface area contributed by atoms with Crippen LogP contribution in [0.2, 0.25) is 0 Å². The zero-order valence-corrected chi connectivity index (χ0v) is 18.1. The largest absolute Gasteiger partial charge is 0.381 e. The maximum Gasteiger partial charge on any atom is 0.183 e. The van der Waals surface area contributed by atoms with E-state index in [1.165, 1.54) is 24.3 Å². The Morgan fingerprint density at radius 3 is 2.42 bits per heavy atom. The molecule has 0 radical (unpaired) electrons. The maximum absolute atomic E-state index is 15.2. The first-order valence-corrected chi connectivity index (χ1v) is 10.7. The number of hydrogen-bond acceptors (Lipinski definition) is 3. The lowest BCUT2D eigenvalue weighted by molar-refractivity contribution is 0.0846. The summed E-state index contributed by atoms with van der Waals surface area (Å²) >= 11 is 0. The Morgan fingerprint density at radius 2 is 1.73 bits per heavy atom. The van der Waals surface area contributed by atoms with Gasteiger partial charge in [-0.05, 0) is 66.1 Å². The molecule has 0 aromatic heterocycles. The van der Waals surface area contributed by atoms with Crippen LogP contribution in [0, 0.1) is 30.2 Å². The Labute approximate surface area is 189 Å². The summed E-state index contributed by atoms with van der Waals surface area (Å²) < 4.78 is 64.7. The van der Waals surface area contributed by atoms with E-state index in [0.29, 0.717) is 43.5 Å². The molecule has 33 heavy (non-hydrogen) atoms. The fourth-order valence-electron chi connectivity index (χ4n) is 4.17. The van der Waals surface area contributed by atoms with Gasteiger partial charge in [-0.25, -0.2) is 17.6 Å². The van der Waals surface area contributed by atoms with E-state index >= 15 is 4.39 Å². The van der Waals surface area contributed by atoms with Gasteiger partial charge in [0, 0.05) is 25.2 Å². The summed E-state index contributed by atoms with van der Waals surface area (Å²) in [5, 5.41) is 2.48. The summed E-state index contributed by atoms with van der Waals surface area (Å²) in [5.74, 6) is -3.66. The average Bonchev–Trinajstić information content (AvgIpc) is 2.82. The van der Waals surface area contributed by atoms with Crippen LogP contribution in [0.15, 0.2) is 42.5 Å². The highest BCUT2D eigenvalue weighted by Crippen LogP contribution is 2.33. The molecule has 0 amide bonds. The molecule has 1 saturated heterocycles. The third kappa shape index (κ3) is 4.78. The zero-order chi connectivity index (χ0) is 23.5. The summed E-state index contributed by atoms with van der Waals surface area (Å²) in [6.45, 7) is 2.79. The van der Waals surface area contributed by atoms with Crippen LogP contribution in [0.4, 0.5) is 28.9 Å². The lowest BCUT2D eigenvalue weighted by atomic mass is 9.89. The molecular formula is C26H23F4NO2. The van der Waals surface area contributed by atoms with Crippen LogP contribution in [0.1, 0.15) is 51.4 Å². The quantitative estimate of drug-likeness (QED) is 0.335. The minimum absolute atomic E-state index is 0.00167. The second-order valence-corrected chi connectivity index (χ2v) is 8.24. The van der Waals surface area contributed by atoms with Gasteiger partial charge in [0.1, 0.15) is 11.6 Å². The number of ether oxygens (including phenoxy) is 1. The summed E-state index contributed by atoms with van der Waals surface area (Å²) in [7, 11) is 0. The van der Waals surface area contributed by atoms with Gasteiger partial charge in [0.2, 0.25) is 0 Å². The van der Waals surface area contributed by atoms with E-state index < -0.39 is 29.0 Å². The number of carbonyl (C=O) groups is 1. The van der Waals surface area contributed by atoms with Crippen LogP contribution < -0.4 is 5.32 Å². The van der Waals surface area contributed by atoms with E-state index in [1.54, 1.807) is 25.1 Å². The molecule has 0 saturated carbocycles. The van der Waals surface area contributed by atoms with Gasteiger partial charge in [-0.3, -0.25) is 4.79 Å². The molecule has 0 atom stereocenters. The first-order valence-electron chi connectivity index (χ1n) is 10.7. The van der Waals surface area contributed by atoms with Gasteiger partial charge in [0.15, 0.2) is 17.9 Å². The minimum atomic E-state index is -1.32. The summed E-state index contributed by atoms with van der Waals surface area (Å²) in [5.41, 5.74) is 0.480. The van der Waals surface area contributed by atoms with Crippen molar-refractivity contribution in [3.05, 3.63) is 93.6 Å². The lowest BCUT2D eigenvalue weighted by Gasteiger charge is -2.23. The molecule has 1 N–H and O–H groups in total. The SMILES string of the molecule is Cc1ccc(Nc2c(C=O)cc(Cc3cccc(C4CCOCC4)c3F)c(F)c2F)c(F)c1. The Morgan fingerprint density at radius 1 is 0.970 bits per heavy atom.